The Bertz CT molecular complexity index is 1560. The van der Waals surface area contributed by atoms with Crippen LogP contribution in [0.5, 0.6) is 5.75 Å². The minimum absolute atomic E-state index is 0.00950. The molecule has 1 saturated carbocycles. The Morgan fingerprint density at radius 3 is 2.33 bits per heavy atom. The Morgan fingerprint density at radius 1 is 1.05 bits per heavy atom. The second-order valence-electron chi connectivity index (χ2n) is 9.90. The van der Waals surface area contributed by atoms with E-state index in [9.17, 15) is 18.8 Å². The first-order valence-corrected chi connectivity index (χ1v) is 14.5. The van der Waals surface area contributed by atoms with E-state index >= 15 is 0 Å². The standard InChI is InChI=1S/C16H13NO2.C12H13NOS.C5H8FNO/c1-19-12-7-8-13-15(9-12)17-14(10-16(13)18)11-5-3-2-4-6-11;1-2-9-8-11(9)12(14)13-15-10-6-4-3-5-7-10;6-5(8)4-2-1-3-7-4/h2-10H,1H3,(H,17,18);2-7,9,11H,1,8H2,(H,13,14);4,7H,1-3H2. The Morgan fingerprint density at radius 2 is 1.76 bits per heavy atom. The maximum absolute atomic E-state index is 12.1. The normalized spacial score (nSPS) is 18.5. The summed E-state index contributed by atoms with van der Waals surface area (Å²) in [5.74, 6) is 1.39. The van der Waals surface area contributed by atoms with E-state index in [2.05, 4.69) is 21.6 Å². The number of rotatable bonds is 7. The highest BCUT2D eigenvalue weighted by Gasteiger charge is 2.40. The van der Waals surface area contributed by atoms with Gasteiger partial charge < -0.3 is 15.0 Å². The van der Waals surface area contributed by atoms with Crippen molar-refractivity contribution in [1.82, 2.24) is 15.0 Å². The molecule has 6 rings (SSSR count). The summed E-state index contributed by atoms with van der Waals surface area (Å²) in [7, 11) is 1.61. The number of amides is 1. The summed E-state index contributed by atoms with van der Waals surface area (Å²) >= 11 is 1.38. The first kappa shape index (κ1) is 30.7. The van der Waals surface area contributed by atoms with Crippen LogP contribution in [-0.4, -0.2) is 36.6 Å². The van der Waals surface area contributed by atoms with Crippen LogP contribution in [-0.2, 0) is 9.59 Å². The third-order valence-electron chi connectivity index (χ3n) is 6.95. The van der Waals surface area contributed by atoms with Gasteiger partial charge in [0, 0.05) is 34.0 Å². The van der Waals surface area contributed by atoms with Crippen molar-refractivity contribution in [2.45, 2.75) is 30.2 Å². The second kappa shape index (κ2) is 15.1. The van der Waals surface area contributed by atoms with Crippen LogP contribution >= 0.6 is 11.9 Å². The summed E-state index contributed by atoms with van der Waals surface area (Å²) in [6.45, 7) is 4.46. The van der Waals surface area contributed by atoms with E-state index < -0.39 is 12.1 Å². The number of hydrogen-bond donors (Lipinski definition) is 3. The number of aromatic nitrogens is 1. The minimum atomic E-state index is -1.22. The number of benzene rings is 3. The molecule has 42 heavy (non-hydrogen) atoms. The van der Waals surface area contributed by atoms with Gasteiger partial charge >= 0.3 is 6.04 Å². The number of pyridine rings is 1. The zero-order chi connectivity index (χ0) is 29.9. The molecular weight excluding hydrogens is 553 g/mol. The van der Waals surface area contributed by atoms with Crippen molar-refractivity contribution in [3.63, 3.8) is 0 Å². The lowest BCUT2D eigenvalue weighted by Gasteiger charge is -2.06. The molecule has 0 spiro atoms. The molecule has 4 aromatic rings. The van der Waals surface area contributed by atoms with Gasteiger partial charge in [-0.05, 0) is 73.5 Å². The number of aromatic amines is 1. The van der Waals surface area contributed by atoms with E-state index in [1.54, 1.807) is 25.3 Å². The number of hydrogen-bond acceptors (Lipinski definition) is 6. The topological polar surface area (TPSA) is 100 Å². The third kappa shape index (κ3) is 8.64. The van der Waals surface area contributed by atoms with Crippen molar-refractivity contribution in [2.24, 2.45) is 11.8 Å². The van der Waals surface area contributed by atoms with Crippen molar-refractivity contribution in [3.05, 3.63) is 108 Å². The number of ether oxygens (including phenoxy) is 1. The Labute approximate surface area is 248 Å². The largest absolute Gasteiger partial charge is 0.497 e. The summed E-state index contributed by atoms with van der Waals surface area (Å²) in [5.41, 5.74) is 2.59. The Balaban J connectivity index is 0.000000157. The van der Waals surface area contributed by atoms with Gasteiger partial charge in [-0.3, -0.25) is 19.1 Å². The Kier molecular flexibility index (Phi) is 11.1. The number of H-pyrrole nitrogens is 1. The highest BCUT2D eigenvalue weighted by atomic mass is 32.2. The second-order valence-corrected chi connectivity index (χ2v) is 10.8. The summed E-state index contributed by atoms with van der Waals surface area (Å²) in [5, 5.41) is 3.40. The molecule has 1 aromatic heterocycles. The smallest absolute Gasteiger partial charge is 0.318 e. The van der Waals surface area contributed by atoms with Gasteiger partial charge in [-0.15, -0.1) is 6.58 Å². The zero-order valence-corrected chi connectivity index (χ0v) is 24.2. The average molecular weight is 588 g/mol. The van der Waals surface area contributed by atoms with Gasteiger partial charge in [0.05, 0.1) is 18.7 Å². The predicted molar refractivity (Wildman–Crippen MR) is 166 cm³/mol. The molecule has 0 bridgehead atoms. The van der Waals surface area contributed by atoms with E-state index in [0.29, 0.717) is 17.7 Å². The molecule has 0 radical (unpaired) electrons. The fourth-order valence-corrected chi connectivity index (χ4v) is 5.12. The van der Waals surface area contributed by atoms with Gasteiger partial charge in [0.1, 0.15) is 5.75 Å². The van der Waals surface area contributed by atoms with E-state index in [4.69, 9.17) is 4.74 Å². The molecule has 2 heterocycles. The molecule has 3 N–H and O–H groups in total. The number of allylic oxidation sites excluding steroid dienone is 1. The first-order chi connectivity index (χ1) is 20.4. The summed E-state index contributed by atoms with van der Waals surface area (Å²) in [6, 6.07) is 24.9. The molecule has 3 unspecified atom stereocenters. The fourth-order valence-electron chi connectivity index (χ4n) is 4.46. The summed E-state index contributed by atoms with van der Waals surface area (Å²) in [6.07, 6.45) is 4.39. The van der Waals surface area contributed by atoms with Gasteiger partial charge in [-0.25, -0.2) is 0 Å². The molecule has 1 saturated heterocycles. The lowest BCUT2D eigenvalue weighted by atomic mass is 10.1. The van der Waals surface area contributed by atoms with Crippen LogP contribution in [0.1, 0.15) is 19.3 Å². The van der Waals surface area contributed by atoms with Crippen LogP contribution in [0.4, 0.5) is 4.39 Å². The minimum Gasteiger partial charge on any atom is -0.497 e. The van der Waals surface area contributed by atoms with Crippen LogP contribution in [0, 0.1) is 11.8 Å². The molecule has 2 aliphatic rings. The number of carbonyl (C=O) groups excluding carboxylic acids is 2. The van der Waals surface area contributed by atoms with Crippen LogP contribution in [0.25, 0.3) is 22.2 Å². The fraction of sp³-hybridized carbons (Fsp3) is 0.242. The quantitative estimate of drug-likeness (QED) is 0.138. The molecule has 7 nitrogen and oxygen atoms in total. The molecule has 3 aromatic carbocycles. The van der Waals surface area contributed by atoms with Crippen LogP contribution in [0.15, 0.2) is 107 Å². The van der Waals surface area contributed by atoms with E-state index in [0.717, 1.165) is 46.8 Å². The number of nitrogens with one attached hydrogen (secondary N) is 3. The monoisotopic (exact) mass is 587 g/mol. The van der Waals surface area contributed by atoms with Crippen LogP contribution < -0.4 is 20.2 Å². The first-order valence-electron chi connectivity index (χ1n) is 13.7. The van der Waals surface area contributed by atoms with Gasteiger partial charge in [-0.2, -0.15) is 4.39 Å². The molecule has 1 aliphatic heterocycles. The summed E-state index contributed by atoms with van der Waals surface area (Å²) in [4.78, 5) is 37.9. The number of fused-ring (bicyclic) bond motifs is 1. The lowest BCUT2D eigenvalue weighted by Crippen LogP contribution is -2.27. The van der Waals surface area contributed by atoms with Crippen molar-refractivity contribution >= 4 is 34.8 Å². The highest BCUT2D eigenvalue weighted by molar-refractivity contribution is 7.98. The molecule has 3 atom stereocenters. The van der Waals surface area contributed by atoms with Crippen molar-refractivity contribution in [1.29, 1.82) is 0 Å². The maximum atomic E-state index is 12.1. The highest BCUT2D eigenvalue weighted by Crippen LogP contribution is 2.39. The van der Waals surface area contributed by atoms with E-state index in [-0.39, 0.29) is 17.3 Å². The molecule has 1 aliphatic carbocycles. The van der Waals surface area contributed by atoms with Crippen molar-refractivity contribution in [2.75, 3.05) is 13.7 Å². The molecule has 218 valence electrons. The van der Waals surface area contributed by atoms with E-state index in [1.165, 1.54) is 11.9 Å². The molecular formula is C33H34FN3O4S. The predicted octanol–water partition coefficient (Wildman–Crippen LogP) is 6.07. The number of carbonyl (C=O) groups is 2. The van der Waals surface area contributed by atoms with Crippen LogP contribution in [0.3, 0.4) is 0 Å². The van der Waals surface area contributed by atoms with Gasteiger partial charge in [0.25, 0.3) is 0 Å². The van der Waals surface area contributed by atoms with Crippen molar-refractivity contribution < 1.29 is 18.7 Å². The van der Waals surface area contributed by atoms with Crippen LogP contribution in [0.2, 0.25) is 0 Å². The molecule has 9 heteroatoms. The summed E-state index contributed by atoms with van der Waals surface area (Å²) < 4.78 is 19.7. The zero-order valence-electron chi connectivity index (χ0n) is 23.3. The van der Waals surface area contributed by atoms with Gasteiger partial charge in [0.15, 0.2) is 5.43 Å². The van der Waals surface area contributed by atoms with Crippen molar-refractivity contribution in [3.8, 4) is 17.0 Å². The number of halogens is 1. The molecule has 1 amide bonds. The van der Waals surface area contributed by atoms with Gasteiger partial charge in [-0.1, -0.05) is 54.6 Å². The van der Waals surface area contributed by atoms with Gasteiger partial charge in [0.2, 0.25) is 5.91 Å². The third-order valence-corrected chi connectivity index (χ3v) is 7.76. The SMILES string of the molecule is C=CC1CC1C(=O)NSc1ccccc1.COc1ccc2c(=O)cc(-c3ccccc3)[nH]c2c1.O=C(F)C1CCCN1. The maximum Gasteiger partial charge on any atom is 0.318 e. The Hall–Kier alpha value is -4.21. The average Bonchev–Trinajstić information content (AvgIpc) is 3.61. The molecule has 2 fully saturated rings. The van der Waals surface area contributed by atoms with E-state index in [1.807, 2.05) is 72.8 Å². The lowest BCUT2D eigenvalue weighted by molar-refractivity contribution is -0.131. The number of methoxy groups -OCH3 is 1.